The molecule has 0 radical (unpaired) electrons. The Morgan fingerprint density at radius 1 is 1.25 bits per heavy atom. The van der Waals surface area contributed by atoms with Crippen LogP contribution in [0.3, 0.4) is 0 Å². The predicted octanol–water partition coefficient (Wildman–Crippen LogP) is 1.79. The lowest BCUT2D eigenvalue weighted by Gasteiger charge is -2.00. The van der Waals surface area contributed by atoms with E-state index in [1.54, 1.807) is 0 Å². The summed E-state index contributed by atoms with van der Waals surface area (Å²) in [5.41, 5.74) is -0.182. The molecule has 0 aromatic heterocycles. The molecule has 0 amide bonds. The summed E-state index contributed by atoms with van der Waals surface area (Å²) in [6, 6.07) is 4.48. The second-order valence-corrected chi connectivity index (χ2v) is 2.47. The van der Waals surface area contributed by atoms with Gasteiger partial charge < -0.3 is 14.6 Å². The highest BCUT2D eigenvalue weighted by Crippen LogP contribution is 2.17. The molecule has 84 valence electrons. The van der Waals surface area contributed by atoms with E-state index in [1.807, 2.05) is 0 Å². The third-order valence-corrected chi connectivity index (χ3v) is 1.42. The number of nitro benzene ring substituents is 1. The van der Waals surface area contributed by atoms with Gasteiger partial charge in [0.1, 0.15) is 5.75 Å². The van der Waals surface area contributed by atoms with E-state index < -0.39 is 17.2 Å². The first kappa shape index (κ1) is 11.4. The van der Waals surface area contributed by atoms with Crippen LogP contribution in [-0.2, 0) is 4.74 Å². The molecule has 0 fully saturated rings. The maximum atomic E-state index is 10.7. The molecule has 8 nitrogen and oxygen atoms in total. The molecule has 1 rings (SSSR count). The van der Waals surface area contributed by atoms with Gasteiger partial charge in [0.2, 0.25) is 0 Å². The van der Waals surface area contributed by atoms with Crippen molar-refractivity contribution in [3.8, 4) is 5.75 Å². The van der Waals surface area contributed by atoms with Gasteiger partial charge >= 0.3 is 12.3 Å². The number of non-ortho nitro benzene ring substituents is 1. The average Bonchev–Trinajstić information content (AvgIpc) is 2.16. The monoisotopic (exact) mass is 227 g/mol. The van der Waals surface area contributed by atoms with Crippen molar-refractivity contribution in [2.75, 3.05) is 0 Å². The summed E-state index contributed by atoms with van der Waals surface area (Å²) in [6.45, 7) is 0. The first-order valence-electron chi connectivity index (χ1n) is 3.86. The van der Waals surface area contributed by atoms with Crippen molar-refractivity contribution in [2.24, 2.45) is 0 Å². The number of rotatable bonds is 2. The van der Waals surface area contributed by atoms with Crippen molar-refractivity contribution in [3.63, 3.8) is 0 Å². The summed E-state index contributed by atoms with van der Waals surface area (Å²) >= 11 is 0. The van der Waals surface area contributed by atoms with Crippen molar-refractivity contribution >= 4 is 18.0 Å². The minimum absolute atomic E-state index is 0.0585. The van der Waals surface area contributed by atoms with Gasteiger partial charge in [0.15, 0.2) is 0 Å². The molecule has 0 atom stereocenters. The fourth-order valence-electron chi connectivity index (χ4n) is 0.824. The van der Waals surface area contributed by atoms with Crippen LogP contribution in [0.15, 0.2) is 24.3 Å². The summed E-state index contributed by atoms with van der Waals surface area (Å²) < 4.78 is 8.05. The molecule has 8 heteroatoms. The number of carbonyl (C=O) groups is 2. The molecular formula is C8H5NO7. The van der Waals surface area contributed by atoms with Crippen molar-refractivity contribution in [1.29, 1.82) is 0 Å². The Bertz CT molecular complexity index is 425. The largest absolute Gasteiger partial charge is 0.524 e. The van der Waals surface area contributed by atoms with Gasteiger partial charge in [0.25, 0.3) is 5.69 Å². The lowest BCUT2D eigenvalue weighted by Crippen LogP contribution is -2.14. The maximum absolute atomic E-state index is 10.7. The van der Waals surface area contributed by atoms with Crippen molar-refractivity contribution in [3.05, 3.63) is 34.4 Å². The highest BCUT2D eigenvalue weighted by atomic mass is 16.8. The summed E-state index contributed by atoms with van der Waals surface area (Å²) in [6.07, 6.45) is -3.23. The zero-order valence-electron chi connectivity index (χ0n) is 7.65. The lowest BCUT2D eigenvalue weighted by atomic mass is 10.3. The molecule has 0 saturated carbocycles. The molecular weight excluding hydrogens is 222 g/mol. The van der Waals surface area contributed by atoms with Gasteiger partial charge in [0, 0.05) is 12.1 Å². The quantitative estimate of drug-likeness (QED) is 0.269. The zero-order chi connectivity index (χ0) is 12.1. The second kappa shape index (κ2) is 4.73. The predicted molar refractivity (Wildman–Crippen MR) is 48.2 cm³/mol. The third-order valence-electron chi connectivity index (χ3n) is 1.42. The smallest absolute Gasteiger partial charge is 0.449 e. The normalized spacial score (nSPS) is 9.25. The Morgan fingerprint density at radius 2 is 1.81 bits per heavy atom. The molecule has 0 heterocycles. The van der Waals surface area contributed by atoms with Gasteiger partial charge in [-0.15, -0.1) is 0 Å². The highest BCUT2D eigenvalue weighted by molar-refractivity contribution is 5.77. The number of benzene rings is 1. The van der Waals surface area contributed by atoms with Crippen LogP contribution in [0.2, 0.25) is 0 Å². The Balaban J connectivity index is 2.65. The number of carbonyl (C=O) groups excluding carboxylic acids is 1. The molecule has 16 heavy (non-hydrogen) atoms. The zero-order valence-corrected chi connectivity index (χ0v) is 7.65. The molecule has 1 aromatic rings. The van der Waals surface area contributed by atoms with Crippen LogP contribution in [0, 0.1) is 10.1 Å². The number of hydrogen-bond acceptors (Lipinski definition) is 6. The molecule has 0 aliphatic heterocycles. The minimum atomic E-state index is -1.80. The topological polar surface area (TPSA) is 116 Å². The second-order valence-electron chi connectivity index (χ2n) is 2.47. The van der Waals surface area contributed by atoms with E-state index in [2.05, 4.69) is 9.47 Å². The van der Waals surface area contributed by atoms with Gasteiger partial charge in [-0.3, -0.25) is 10.1 Å². The fraction of sp³-hybridized carbons (Fsp3) is 0. The maximum Gasteiger partial charge on any atom is 0.524 e. The van der Waals surface area contributed by atoms with Crippen LogP contribution < -0.4 is 4.74 Å². The van der Waals surface area contributed by atoms with E-state index in [0.29, 0.717) is 0 Å². The van der Waals surface area contributed by atoms with Crippen LogP contribution in [0.4, 0.5) is 15.3 Å². The van der Waals surface area contributed by atoms with Crippen LogP contribution in [0.5, 0.6) is 5.75 Å². The summed E-state index contributed by atoms with van der Waals surface area (Å²) in [4.78, 5) is 30.3. The van der Waals surface area contributed by atoms with Crippen LogP contribution in [0.1, 0.15) is 0 Å². The van der Waals surface area contributed by atoms with Crippen LogP contribution in [0.25, 0.3) is 0 Å². The SMILES string of the molecule is O=C(O)OC(=O)Oc1ccc([N+](=O)[O-])cc1. The molecule has 0 spiro atoms. The number of nitrogens with zero attached hydrogens (tertiary/aromatic N) is 1. The molecule has 0 aliphatic rings. The average molecular weight is 227 g/mol. The van der Waals surface area contributed by atoms with Crippen molar-refractivity contribution in [2.45, 2.75) is 0 Å². The number of hydrogen-bond donors (Lipinski definition) is 1. The standard InChI is InChI=1S/C8H5NO7/c10-7(11)16-8(12)15-6-3-1-5(2-4-6)9(13)14/h1-4H,(H,10,11). The fourth-order valence-corrected chi connectivity index (χ4v) is 0.824. The summed E-state index contributed by atoms with van der Waals surface area (Å²) in [5.74, 6) is -0.0585. The molecule has 0 unspecified atom stereocenters. The number of nitro groups is 1. The number of ether oxygens (including phenoxy) is 2. The Morgan fingerprint density at radius 3 is 2.25 bits per heavy atom. The highest BCUT2D eigenvalue weighted by Gasteiger charge is 2.12. The third kappa shape index (κ3) is 3.25. The summed E-state index contributed by atoms with van der Waals surface area (Å²) in [7, 11) is 0. The molecule has 0 aliphatic carbocycles. The van der Waals surface area contributed by atoms with Crippen LogP contribution in [-0.4, -0.2) is 22.3 Å². The summed E-state index contributed by atoms with van der Waals surface area (Å²) in [5, 5.41) is 18.3. The van der Waals surface area contributed by atoms with Crippen LogP contribution >= 0.6 is 0 Å². The Labute approximate surface area is 88.2 Å². The number of carboxylic acid groups (broad SMARTS) is 1. The van der Waals surface area contributed by atoms with Gasteiger partial charge in [-0.25, -0.2) is 9.59 Å². The molecule has 0 bridgehead atoms. The van der Waals surface area contributed by atoms with Gasteiger partial charge in [-0.1, -0.05) is 0 Å². The van der Waals surface area contributed by atoms with E-state index in [9.17, 15) is 19.7 Å². The lowest BCUT2D eigenvalue weighted by molar-refractivity contribution is -0.384. The Hall–Kier alpha value is -2.64. The molecule has 0 saturated heterocycles. The van der Waals surface area contributed by atoms with E-state index >= 15 is 0 Å². The van der Waals surface area contributed by atoms with Crippen molar-refractivity contribution in [1.82, 2.24) is 0 Å². The van der Waals surface area contributed by atoms with E-state index in [4.69, 9.17) is 5.11 Å². The minimum Gasteiger partial charge on any atom is -0.449 e. The first-order valence-corrected chi connectivity index (χ1v) is 3.86. The van der Waals surface area contributed by atoms with Crippen molar-refractivity contribution < 1.29 is 29.1 Å². The molecule has 1 aromatic carbocycles. The molecule has 1 N–H and O–H groups in total. The van der Waals surface area contributed by atoms with E-state index in [0.717, 1.165) is 24.3 Å². The van der Waals surface area contributed by atoms with E-state index in [-0.39, 0.29) is 11.4 Å². The first-order chi connectivity index (χ1) is 7.49. The Kier molecular flexibility index (Phi) is 3.38. The van der Waals surface area contributed by atoms with E-state index in [1.165, 1.54) is 0 Å². The van der Waals surface area contributed by atoms with Gasteiger partial charge in [0.05, 0.1) is 4.92 Å². The van der Waals surface area contributed by atoms with Gasteiger partial charge in [-0.2, -0.15) is 0 Å². The van der Waals surface area contributed by atoms with Gasteiger partial charge in [-0.05, 0) is 12.1 Å².